The number of nitrogens with zero attached hydrogens (tertiary/aromatic N) is 1. The van der Waals surface area contributed by atoms with Crippen LogP contribution >= 0.6 is 11.6 Å². The standard InChI is InChI=1S/C23H19ClFN3O3S/c1-2-9-32(30,31)28-17-7-8-21(25)19(11-17)22(29)20-13-27-23-18(20)10-15(12-26-23)14-3-5-16(24)6-4-14/h3-8,10-13,28H,2,9H2,1H3,(H,26,27). The Morgan fingerprint density at radius 1 is 1.09 bits per heavy atom. The lowest BCUT2D eigenvalue weighted by molar-refractivity contribution is 0.103. The van der Waals surface area contributed by atoms with Crippen LogP contribution in [0.5, 0.6) is 0 Å². The number of halogens is 2. The number of sulfonamides is 1. The smallest absolute Gasteiger partial charge is 0.232 e. The molecule has 0 saturated heterocycles. The average Bonchev–Trinajstić information content (AvgIpc) is 3.18. The number of aromatic amines is 1. The van der Waals surface area contributed by atoms with E-state index in [1.54, 1.807) is 31.3 Å². The van der Waals surface area contributed by atoms with Gasteiger partial charge in [0, 0.05) is 39.6 Å². The Morgan fingerprint density at radius 2 is 1.84 bits per heavy atom. The van der Waals surface area contributed by atoms with Crippen LogP contribution in [0.3, 0.4) is 0 Å². The SMILES string of the molecule is CCCS(=O)(=O)Nc1ccc(F)c(C(=O)c2c[nH]c3ncc(-c4ccc(Cl)cc4)cc23)c1. The number of benzene rings is 2. The second-order valence-electron chi connectivity index (χ2n) is 7.27. The summed E-state index contributed by atoms with van der Waals surface area (Å²) in [6, 6.07) is 12.5. The highest BCUT2D eigenvalue weighted by Gasteiger charge is 2.20. The Hall–Kier alpha value is -3.23. The molecule has 0 spiro atoms. The van der Waals surface area contributed by atoms with Crippen LogP contribution in [-0.4, -0.2) is 29.9 Å². The van der Waals surface area contributed by atoms with Gasteiger partial charge in [-0.05, 0) is 48.4 Å². The van der Waals surface area contributed by atoms with Crippen LogP contribution in [0.2, 0.25) is 5.02 Å². The molecule has 2 aromatic heterocycles. The molecule has 6 nitrogen and oxygen atoms in total. The van der Waals surface area contributed by atoms with Gasteiger partial charge in [0.25, 0.3) is 0 Å². The fourth-order valence-corrected chi connectivity index (χ4v) is 4.65. The summed E-state index contributed by atoms with van der Waals surface area (Å²) in [6.07, 6.45) is 3.57. The van der Waals surface area contributed by atoms with E-state index in [9.17, 15) is 17.6 Å². The molecule has 0 radical (unpaired) electrons. The first kappa shape index (κ1) is 22.0. The van der Waals surface area contributed by atoms with Crippen LogP contribution in [-0.2, 0) is 10.0 Å². The monoisotopic (exact) mass is 471 g/mol. The van der Waals surface area contributed by atoms with Crippen LogP contribution in [0.1, 0.15) is 29.3 Å². The molecule has 0 bridgehead atoms. The maximum atomic E-state index is 14.5. The summed E-state index contributed by atoms with van der Waals surface area (Å²) in [6.45, 7) is 1.74. The number of fused-ring (bicyclic) bond motifs is 1. The zero-order chi connectivity index (χ0) is 22.9. The highest BCUT2D eigenvalue weighted by molar-refractivity contribution is 7.92. The summed E-state index contributed by atoms with van der Waals surface area (Å²) < 4.78 is 41.0. The van der Waals surface area contributed by atoms with E-state index in [0.29, 0.717) is 22.5 Å². The summed E-state index contributed by atoms with van der Waals surface area (Å²) in [5, 5.41) is 1.13. The first-order valence-electron chi connectivity index (χ1n) is 9.85. The number of H-pyrrole nitrogens is 1. The Labute approximate surface area is 189 Å². The molecule has 0 fully saturated rings. The van der Waals surface area contributed by atoms with Gasteiger partial charge in [-0.2, -0.15) is 0 Å². The molecule has 4 aromatic rings. The number of aromatic nitrogens is 2. The largest absolute Gasteiger partial charge is 0.345 e. The van der Waals surface area contributed by atoms with Crippen molar-refractivity contribution in [1.82, 2.24) is 9.97 Å². The van der Waals surface area contributed by atoms with E-state index in [1.165, 1.54) is 18.3 Å². The van der Waals surface area contributed by atoms with Crippen LogP contribution in [0.4, 0.5) is 10.1 Å². The van der Waals surface area contributed by atoms with E-state index in [-0.39, 0.29) is 22.6 Å². The summed E-state index contributed by atoms with van der Waals surface area (Å²) in [4.78, 5) is 20.5. The van der Waals surface area contributed by atoms with Crippen molar-refractivity contribution in [2.45, 2.75) is 13.3 Å². The van der Waals surface area contributed by atoms with Crippen molar-refractivity contribution in [2.24, 2.45) is 0 Å². The Morgan fingerprint density at radius 3 is 2.56 bits per heavy atom. The van der Waals surface area contributed by atoms with Crippen molar-refractivity contribution < 1.29 is 17.6 Å². The molecular formula is C23H19ClFN3O3S. The lowest BCUT2D eigenvalue weighted by Crippen LogP contribution is -2.16. The lowest BCUT2D eigenvalue weighted by Gasteiger charge is -2.09. The van der Waals surface area contributed by atoms with Crippen molar-refractivity contribution in [3.05, 3.63) is 82.9 Å². The minimum absolute atomic E-state index is 0.0742. The van der Waals surface area contributed by atoms with E-state index in [4.69, 9.17) is 11.6 Å². The molecule has 2 heterocycles. The van der Waals surface area contributed by atoms with Crippen molar-refractivity contribution in [2.75, 3.05) is 10.5 Å². The van der Waals surface area contributed by atoms with Crippen LogP contribution in [0.25, 0.3) is 22.2 Å². The van der Waals surface area contributed by atoms with Crippen molar-refractivity contribution in [3.8, 4) is 11.1 Å². The minimum Gasteiger partial charge on any atom is -0.345 e. The molecule has 2 N–H and O–H groups in total. The van der Waals surface area contributed by atoms with E-state index in [2.05, 4.69) is 14.7 Å². The Bertz CT molecular complexity index is 1420. The molecule has 0 aliphatic rings. The Balaban J connectivity index is 1.73. The molecule has 4 rings (SSSR count). The molecule has 0 atom stereocenters. The van der Waals surface area contributed by atoms with E-state index < -0.39 is 21.6 Å². The summed E-state index contributed by atoms with van der Waals surface area (Å²) >= 11 is 5.95. The topological polar surface area (TPSA) is 91.9 Å². The van der Waals surface area contributed by atoms with Crippen LogP contribution in [0.15, 0.2) is 60.9 Å². The number of anilines is 1. The van der Waals surface area contributed by atoms with E-state index in [0.717, 1.165) is 17.2 Å². The third-order valence-corrected chi connectivity index (χ3v) is 6.65. The third kappa shape index (κ3) is 4.51. The number of carbonyl (C=O) groups excluding carboxylic acids is 1. The van der Waals surface area contributed by atoms with Gasteiger partial charge < -0.3 is 4.98 Å². The number of hydrogen-bond donors (Lipinski definition) is 2. The van der Waals surface area contributed by atoms with Crippen LogP contribution in [0, 0.1) is 5.82 Å². The van der Waals surface area contributed by atoms with Gasteiger partial charge in [-0.1, -0.05) is 30.7 Å². The van der Waals surface area contributed by atoms with Crippen molar-refractivity contribution in [3.63, 3.8) is 0 Å². The number of carbonyl (C=O) groups is 1. The van der Waals surface area contributed by atoms with Gasteiger partial charge in [-0.25, -0.2) is 17.8 Å². The van der Waals surface area contributed by atoms with Gasteiger partial charge in [-0.3, -0.25) is 9.52 Å². The zero-order valence-corrected chi connectivity index (χ0v) is 18.6. The minimum atomic E-state index is -3.58. The molecule has 0 aliphatic carbocycles. The number of nitrogens with one attached hydrogen (secondary N) is 2. The normalized spacial score (nSPS) is 11.6. The first-order chi connectivity index (χ1) is 15.3. The molecule has 2 aromatic carbocycles. The van der Waals surface area contributed by atoms with Crippen molar-refractivity contribution in [1.29, 1.82) is 0 Å². The number of hydrogen-bond acceptors (Lipinski definition) is 4. The summed E-state index contributed by atoms with van der Waals surface area (Å²) in [5.74, 6) is -1.40. The molecule has 0 saturated carbocycles. The van der Waals surface area contributed by atoms with Gasteiger partial charge in [0.1, 0.15) is 11.5 Å². The predicted octanol–water partition coefficient (Wildman–Crippen LogP) is 5.41. The number of pyridine rings is 1. The van der Waals surface area contributed by atoms with E-state index >= 15 is 0 Å². The number of ketones is 1. The molecule has 32 heavy (non-hydrogen) atoms. The summed E-state index contributed by atoms with van der Waals surface area (Å²) in [7, 11) is -3.58. The first-order valence-corrected chi connectivity index (χ1v) is 11.9. The number of rotatable bonds is 7. The lowest BCUT2D eigenvalue weighted by atomic mass is 10.0. The fourth-order valence-electron chi connectivity index (χ4n) is 3.40. The maximum Gasteiger partial charge on any atom is 0.232 e. The second-order valence-corrected chi connectivity index (χ2v) is 9.55. The molecular weight excluding hydrogens is 453 g/mol. The Kier molecular flexibility index (Phi) is 5.99. The molecule has 0 unspecified atom stereocenters. The molecule has 0 amide bonds. The molecule has 164 valence electrons. The van der Waals surface area contributed by atoms with Gasteiger partial charge in [0.2, 0.25) is 10.0 Å². The molecule has 0 aliphatic heterocycles. The predicted molar refractivity (Wildman–Crippen MR) is 124 cm³/mol. The fraction of sp³-hybridized carbons (Fsp3) is 0.130. The van der Waals surface area contributed by atoms with E-state index in [1.807, 2.05) is 12.1 Å². The van der Waals surface area contributed by atoms with Crippen LogP contribution < -0.4 is 4.72 Å². The quantitative estimate of drug-likeness (QED) is 0.353. The highest BCUT2D eigenvalue weighted by atomic mass is 35.5. The highest BCUT2D eigenvalue weighted by Crippen LogP contribution is 2.28. The molecule has 9 heteroatoms. The second kappa shape index (κ2) is 8.72. The van der Waals surface area contributed by atoms with Crippen molar-refractivity contribution >= 4 is 44.1 Å². The van der Waals surface area contributed by atoms with Gasteiger partial charge in [0.15, 0.2) is 5.78 Å². The summed E-state index contributed by atoms with van der Waals surface area (Å²) in [5.41, 5.74) is 2.23. The van der Waals surface area contributed by atoms with Gasteiger partial charge >= 0.3 is 0 Å². The zero-order valence-electron chi connectivity index (χ0n) is 17.0. The van der Waals surface area contributed by atoms with Gasteiger partial charge in [-0.15, -0.1) is 0 Å². The van der Waals surface area contributed by atoms with Gasteiger partial charge in [0.05, 0.1) is 11.3 Å². The average molecular weight is 472 g/mol. The maximum absolute atomic E-state index is 14.5. The third-order valence-electron chi connectivity index (χ3n) is 4.91.